The van der Waals surface area contributed by atoms with Crippen LogP contribution < -0.4 is 0 Å². The van der Waals surface area contributed by atoms with Crippen LogP contribution in [0.4, 0.5) is 0 Å². The number of benzene rings is 1. The third kappa shape index (κ3) is 2.23. The van der Waals surface area contributed by atoms with Crippen molar-refractivity contribution in [2.24, 2.45) is 0 Å². The molecule has 0 aliphatic heterocycles. The number of rotatable bonds is 2. The minimum atomic E-state index is 0.126. The largest absolute Gasteiger partial charge is 0.506 e. The predicted octanol–water partition coefficient (Wildman–Crippen LogP) is 3.87. The van der Waals surface area contributed by atoms with E-state index in [0.717, 1.165) is 38.8 Å². The predicted molar refractivity (Wildman–Crippen MR) is 96.1 cm³/mol. The van der Waals surface area contributed by atoms with Crippen molar-refractivity contribution in [1.82, 2.24) is 25.1 Å². The number of hydrogen-bond acceptors (Lipinski definition) is 4. The minimum Gasteiger partial charge on any atom is -0.506 e. The Morgan fingerprint density at radius 3 is 2.68 bits per heavy atom. The Kier molecular flexibility index (Phi) is 2.84. The molecule has 3 N–H and O–H groups in total. The first-order valence-corrected chi connectivity index (χ1v) is 7.84. The van der Waals surface area contributed by atoms with E-state index in [1.165, 1.54) is 6.20 Å². The number of aromatic nitrogens is 5. The fourth-order valence-corrected chi connectivity index (χ4v) is 3.06. The number of H-pyrrole nitrogens is 2. The SMILES string of the molecule is Oc1cncc(-c2cnc3n[nH]c(-c4cc5ccccc5[nH]4)c3c2)c1. The lowest BCUT2D eigenvalue weighted by atomic mass is 10.1. The van der Waals surface area contributed by atoms with Crippen LogP contribution in [0.5, 0.6) is 5.75 Å². The highest BCUT2D eigenvalue weighted by atomic mass is 16.3. The summed E-state index contributed by atoms with van der Waals surface area (Å²) >= 11 is 0. The number of aromatic hydroxyl groups is 1. The van der Waals surface area contributed by atoms with Crippen molar-refractivity contribution in [3.63, 3.8) is 0 Å². The van der Waals surface area contributed by atoms with Crippen molar-refractivity contribution in [3.8, 4) is 28.3 Å². The fraction of sp³-hybridized carbons (Fsp3) is 0. The van der Waals surface area contributed by atoms with Crippen molar-refractivity contribution in [2.75, 3.05) is 0 Å². The molecule has 0 spiro atoms. The number of nitrogens with zero attached hydrogens (tertiary/aromatic N) is 3. The van der Waals surface area contributed by atoms with Crippen LogP contribution in [0.1, 0.15) is 0 Å². The first-order valence-electron chi connectivity index (χ1n) is 7.84. The monoisotopic (exact) mass is 327 g/mol. The molecule has 0 saturated heterocycles. The molecule has 0 bridgehead atoms. The molecule has 0 atom stereocenters. The van der Waals surface area contributed by atoms with Crippen molar-refractivity contribution >= 4 is 21.9 Å². The summed E-state index contributed by atoms with van der Waals surface area (Å²) in [5.41, 5.74) is 5.23. The number of pyridine rings is 2. The number of hydrogen-bond donors (Lipinski definition) is 3. The summed E-state index contributed by atoms with van der Waals surface area (Å²) in [4.78, 5) is 11.9. The molecule has 25 heavy (non-hydrogen) atoms. The molecule has 0 aliphatic carbocycles. The average molecular weight is 327 g/mol. The van der Waals surface area contributed by atoms with Crippen LogP contribution in [-0.2, 0) is 0 Å². The highest BCUT2D eigenvalue weighted by Crippen LogP contribution is 2.31. The van der Waals surface area contributed by atoms with E-state index in [-0.39, 0.29) is 5.75 Å². The van der Waals surface area contributed by atoms with Gasteiger partial charge in [-0.1, -0.05) is 18.2 Å². The number of fused-ring (bicyclic) bond motifs is 2. The average Bonchev–Trinajstić information content (AvgIpc) is 3.24. The van der Waals surface area contributed by atoms with E-state index < -0.39 is 0 Å². The van der Waals surface area contributed by atoms with Gasteiger partial charge in [-0.3, -0.25) is 10.1 Å². The van der Waals surface area contributed by atoms with Gasteiger partial charge in [0.2, 0.25) is 0 Å². The van der Waals surface area contributed by atoms with Gasteiger partial charge in [0.1, 0.15) is 5.75 Å². The Balaban J connectivity index is 1.70. The maximum absolute atomic E-state index is 9.65. The minimum absolute atomic E-state index is 0.126. The molecule has 6 nitrogen and oxygen atoms in total. The maximum Gasteiger partial charge on any atom is 0.181 e. The summed E-state index contributed by atoms with van der Waals surface area (Å²) < 4.78 is 0. The third-order valence-corrected chi connectivity index (χ3v) is 4.27. The molecule has 120 valence electrons. The van der Waals surface area contributed by atoms with Crippen LogP contribution in [-0.4, -0.2) is 30.3 Å². The van der Waals surface area contributed by atoms with E-state index >= 15 is 0 Å². The second-order valence-electron chi connectivity index (χ2n) is 5.90. The van der Waals surface area contributed by atoms with Gasteiger partial charge in [0.15, 0.2) is 5.65 Å². The summed E-state index contributed by atoms with van der Waals surface area (Å²) in [6, 6.07) is 13.9. The molecular formula is C19H13N5O. The van der Waals surface area contributed by atoms with Crippen LogP contribution in [0.2, 0.25) is 0 Å². The fourth-order valence-electron chi connectivity index (χ4n) is 3.06. The first-order chi connectivity index (χ1) is 12.3. The zero-order chi connectivity index (χ0) is 16.8. The number of nitrogens with one attached hydrogen (secondary N) is 2. The van der Waals surface area contributed by atoms with E-state index in [2.05, 4.69) is 37.3 Å². The van der Waals surface area contributed by atoms with E-state index in [1.807, 2.05) is 24.3 Å². The van der Waals surface area contributed by atoms with Crippen LogP contribution in [0.25, 0.3) is 44.5 Å². The van der Waals surface area contributed by atoms with Crippen LogP contribution >= 0.6 is 0 Å². The van der Waals surface area contributed by atoms with Crippen molar-refractivity contribution in [2.45, 2.75) is 0 Å². The molecule has 5 aromatic rings. The summed E-state index contributed by atoms with van der Waals surface area (Å²) in [5, 5.41) is 19.1. The standard InChI is InChI=1S/C19H13N5O/c25-14-5-12(8-20-10-14)13-6-15-18(23-24-19(15)21-9-13)17-7-11-3-1-2-4-16(11)22-17/h1-10,22,25H,(H,21,23,24). The van der Waals surface area contributed by atoms with Gasteiger partial charge in [0.25, 0.3) is 0 Å². The maximum atomic E-state index is 9.65. The summed E-state index contributed by atoms with van der Waals surface area (Å²) in [6.45, 7) is 0. The molecule has 0 unspecified atom stereocenters. The van der Waals surface area contributed by atoms with E-state index in [4.69, 9.17) is 0 Å². The Labute approximate surface area is 142 Å². The van der Waals surface area contributed by atoms with Crippen LogP contribution in [0.3, 0.4) is 0 Å². The zero-order valence-corrected chi connectivity index (χ0v) is 13.1. The van der Waals surface area contributed by atoms with Crippen molar-refractivity contribution in [3.05, 3.63) is 61.1 Å². The van der Waals surface area contributed by atoms with E-state index in [1.54, 1.807) is 18.5 Å². The molecule has 1 aromatic carbocycles. The Bertz CT molecular complexity index is 1190. The number of para-hydroxylation sites is 1. The lowest BCUT2D eigenvalue weighted by Crippen LogP contribution is -1.84. The van der Waals surface area contributed by atoms with Gasteiger partial charge in [-0.05, 0) is 24.3 Å². The van der Waals surface area contributed by atoms with Gasteiger partial charge in [-0.15, -0.1) is 0 Å². The Morgan fingerprint density at radius 1 is 0.920 bits per heavy atom. The Morgan fingerprint density at radius 2 is 1.80 bits per heavy atom. The van der Waals surface area contributed by atoms with Crippen LogP contribution in [0.15, 0.2) is 61.1 Å². The normalized spacial score (nSPS) is 11.4. The van der Waals surface area contributed by atoms with E-state index in [9.17, 15) is 5.11 Å². The second-order valence-corrected chi connectivity index (χ2v) is 5.90. The van der Waals surface area contributed by atoms with Gasteiger partial charge in [0.05, 0.1) is 17.6 Å². The van der Waals surface area contributed by atoms with Crippen LogP contribution in [0, 0.1) is 0 Å². The van der Waals surface area contributed by atoms with Gasteiger partial charge in [-0.2, -0.15) is 5.10 Å². The highest BCUT2D eigenvalue weighted by Gasteiger charge is 2.12. The van der Waals surface area contributed by atoms with Crippen molar-refractivity contribution < 1.29 is 5.11 Å². The molecule has 4 heterocycles. The molecule has 5 rings (SSSR count). The summed E-state index contributed by atoms with van der Waals surface area (Å²) in [6.07, 6.45) is 4.84. The molecule has 0 aliphatic rings. The molecular weight excluding hydrogens is 314 g/mol. The smallest absolute Gasteiger partial charge is 0.181 e. The van der Waals surface area contributed by atoms with E-state index in [0.29, 0.717) is 5.65 Å². The topological polar surface area (TPSA) is 90.5 Å². The van der Waals surface area contributed by atoms with Gasteiger partial charge >= 0.3 is 0 Å². The molecule has 4 aromatic heterocycles. The molecule has 0 amide bonds. The molecule has 0 fully saturated rings. The quantitative estimate of drug-likeness (QED) is 0.459. The highest BCUT2D eigenvalue weighted by molar-refractivity contribution is 5.95. The van der Waals surface area contributed by atoms with Gasteiger partial charge < -0.3 is 10.1 Å². The number of aromatic amines is 2. The van der Waals surface area contributed by atoms with Gasteiger partial charge in [0, 0.05) is 39.8 Å². The molecule has 0 saturated carbocycles. The third-order valence-electron chi connectivity index (χ3n) is 4.27. The lowest BCUT2D eigenvalue weighted by Gasteiger charge is -2.02. The molecule has 0 radical (unpaired) electrons. The Hall–Kier alpha value is -3.67. The van der Waals surface area contributed by atoms with Gasteiger partial charge in [-0.25, -0.2) is 4.98 Å². The lowest BCUT2D eigenvalue weighted by molar-refractivity contribution is 0.473. The zero-order valence-electron chi connectivity index (χ0n) is 13.1. The second kappa shape index (κ2) is 5.17. The summed E-state index contributed by atoms with van der Waals surface area (Å²) in [5.74, 6) is 0.126. The van der Waals surface area contributed by atoms with Crippen molar-refractivity contribution in [1.29, 1.82) is 0 Å². The first kappa shape index (κ1) is 13.7. The summed E-state index contributed by atoms with van der Waals surface area (Å²) in [7, 11) is 0. The molecule has 6 heteroatoms.